The molecule has 182 valence electrons. The van der Waals surface area contributed by atoms with Crippen molar-refractivity contribution in [2.24, 2.45) is 0 Å². The third kappa shape index (κ3) is 3.23. The Bertz CT molecular complexity index is 1530. The Morgan fingerprint density at radius 1 is 0.432 bits per heavy atom. The van der Waals surface area contributed by atoms with Gasteiger partial charge in [0.1, 0.15) is 0 Å². The molecule has 4 aromatic rings. The molecule has 0 spiro atoms. The van der Waals surface area contributed by atoms with Gasteiger partial charge in [0.05, 0.1) is 27.7 Å². The summed E-state index contributed by atoms with van der Waals surface area (Å²) in [5, 5.41) is 40.2. The molecule has 0 aromatic heterocycles. The van der Waals surface area contributed by atoms with E-state index in [4.69, 9.17) is 0 Å². The summed E-state index contributed by atoms with van der Waals surface area (Å²) >= 11 is 0. The van der Waals surface area contributed by atoms with Crippen LogP contribution in [0, 0.1) is 0 Å². The lowest BCUT2D eigenvalue weighted by Gasteiger charge is -2.36. The Morgan fingerprint density at radius 2 is 0.784 bits per heavy atom. The second kappa shape index (κ2) is 8.46. The van der Waals surface area contributed by atoms with Gasteiger partial charge in [-0.25, -0.2) is 19.2 Å². The van der Waals surface area contributed by atoms with Crippen LogP contribution in [-0.4, -0.2) is 44.3 Å². The van der Waals surface area contributed by atoms with Gasteiger partial charge < -0.3 is 20.4 Å². The maximum atomic E-state index is 12.6. The summed E-state index contributed by atoms with van der Waals surface area (Å²) in [5.41, 5.74) is -1.21. The van der Waals surface area contributed by atoms with E-state index in [1.165, 1.54) is 36.4 Å². The maximum absolute atomic E-state index is 12.6. The Balaban J connectivity index is 2.10. The van der Waals surface area contributed by atoms with E-state index in [0.717, 1.165) is 0 Å². The van der Waals surface area contributed by atoms with Crippen molar-refractivity contribution in [3.8, 4) is 11.1 Å². The van der Waals surface area contributed by atoms with Gasteiger partial charge in [-0.2, -0.15) is 0 Å². The summed E-state index contributed by atoms with van der Waals surface area (Å²) in [5.74, 6) is -5.96. The highest BCUT2D eigenvalue weighted by molar-refractivity contribution is 6.07. The summed E-state index contributed by atoms with van der Waals surface area (Å²) in [6.45, 7) is 0. The van der Waals surface area contributed by atoms with Gasteiger partial charge in [0, 0.05) is 0 Å². The molecule has 0 amide bonds. The first kappa shape index (κ1) is 23.5. The van der Waals surface area contributed by atoms with E-state index in [0.29, 0.717) is 22.3 Å². The number of fused-ring (bicyclic) bond motifs is 3. The first-order valence-electron chi connectivity index (χ1n) is 11.1. The number of hydrogen-bond acceptors (Lipinski definition) is 4. The zero-order valence-electron chi connectivity index (χ0n) is 19.0. The third-order valence-electron chi connectivity index (χ3n) is 6.78. The molecule has 1 aliphatic rings. The highest BCUT2D eigenvalue weighted by Gasteiger charge is 2.50. The highest BCUT2D eigenvalue weighted by atomic mass is 16.4. The van der Waals surface area contributed by atoms with Crippen molar-refractivity contribution in [3.05, 3.63) is 129 Å². The van der Waals surface area contributed by atoms with E-state index in [1.807, 2.05) is 0 Å². The van der Waals surface area contributed by atoms with Crippen molar-refractivity contribution in [2.75, 3.05) is 0 Å². The topological polar surface area (TPSA) is 149 Å². The first-order chi connectivity index (χ1) is 17.7. The Labute approximate surface area is 209 Å². The fourth-order valence-corrected chi connectivity index (χ4v) is 5.51. The number of carbonyl (C=O) groups is 4. The second-order valence-corrected chi connectivity index (χ2v) is 8.52. The molecule has 8 nitrogen and oxygen atoms in total. The molecule has 0 radical (unpaired) electrons. The average molecular weight is 494 g/mol. The zero-order chi connectivity index (χ0) is 26.5. The number of aromatic carboxylic acids is 4. The Hall–Kier alpha value is -5.24. The van der Waals surface area contributed by atoms with Crippen LogP contribution >= 0.6 is 0 Å². The van der Waals surface area contributed by atoms with Crippen LogP contribution in [0.1, 0.15) is 63.7 Å². The predicted molar refractivity (Wildman–Crippen MR) is 132 cm³/mol. The minimum atomic E-state index is -1.65. The number of carboxylic acid groups (broad SMARTS) is 4. The fraction of sp³-hybridized carbons (Fsp3) is 0.0345. The highest BCUT2D eigenvalue weighted by Crippen LogP contribution is 2.57. The average Bonchev–Trinajstić information content (AvgIpc) is 3.18. The van der Waals surface area contributed by atoms with Gasteiger partial charge in [-0.1, -0.05) is 72.8 Å². The lowest BCUT2D eigenvalue weighted by Crippen LogP contribution is -2.34. The van der Waals surface area contributed by atoms with Gasteiger partial charge in [0.25, 0.3) is 0 Å². The van der Waals surface area contributed by atoms with E-state index in [1.54, 1.807) is 48.5 Å². The normalized spacial score (nSPS) is 12.9. The largest absolute Gasteiger partial charge is 0.478 e. The molecule has 4 N–H and O–H groups in total. The van der Waals surface area contributed by atoms with Crippen LogP contribution < -0.4 is 0 Å². The molecular weight excluding hydrogens is 476 g/mol. The standard InChI is InChI=1S/C29H18O8/c30-25(31)17-9-5-13-21(23(17)27(34)35)29(22-14-6-10-18(26(32)33)24(22)28(36)37)19-11-3-1-7-15(19)16-8-2-4-12-20(16)29/h1-14H,(H,30,31)(H,32,33)(H,34,35)(H,36,37). The molecule has 0 unspecified atom stereocenters. The van der Waals surface area contributed by atoms with E-state index >= 15 is 0 Å². The van der Waals surface area contributed by atoms with Crippen LogP contribution in [0.15, 0.2) is 84.9 Å². The first-order valence-corrected chi connectivity index (χ1v) is 11.1. The Kier molecular flexibility index (Phi) is 5.37. The minimum Gasteiger partial charge on any atom is -0.478 e. The maximum Gasteiger partial charge on any atom is 0.336 e. The van der Waals surface area contributed by atoms with Gasteiger partial charge in [-0.3, -0.25) is 0 Å². The fourth-order valence-electron chi connectivity index (χ4n) is 5.51. The smallest absolute Gasteiger partial charge is 0.336 e. The molecule has 0 fully saturated rings. The number of rotatable bonds is 6. The number of carboxylic acids is 4. The monoisotopic (exact) mass is 494 g/mol. The molecule has 0 saturated carbocycles. The van der Waals surface area contributed by atoms with Crippen LogP contribution in [0.25, 0.3) is 11.1 Å². The lowest BCUT2D eigenvalue weighted by atomic mass is 9.64. The summed E-state index contributed by atoms with van der Waals surface area (Å²) < 4.78 is 0. The quantitative estimate of drug-likeness (QED) is 0.262. The second-order valence-electron chi connectivity index (χ2n) is 8.52. The lowest BCUT2D eigenvalue weighted by molar-refractivity contribution is 0.0648. The molecular formula is C29H18O8. The molecule has 0 bridgehead atoms. The zero-order valence-corrected chi connectivity index (χ0v) is 19.0. The number of benzene rings is 4. The SMILES string of the molecule is O=C(O)c1cccc(C2(c3cccc(C(=O)O)c3C(=O)O)c3ccccc3-c3ccccc32)c1C(=O)O. The molecule has 0 saturated heterocycles. The van der Waals surface area contributed by atoms with Crippen molar-refractivity contribution in [1.29, 1.82) is 0 Å². The van der Waals surface area contributed by atoms with Crippen LogP contribution in [-0.2, 0) is 5.41 Å². The molecule has 0 heterocycles. The Morgan fingerprint density at radius 3 is 1.14 bits per heavy atom. The van der Waals surface area contributed by atoms with E-state index in [2.05, 4.69) is 0 Å². The summed E-state index contributed by atoms with van der Waals surface area (Å²) in [6.07, 6.45) is 0. The summed E-state index contributed by atoms with van der Waals surface area (Å²) in [7, 11) is 0. The van der Waals surface area contributed by atoms with Gasteiger partial charge in [-0.05, 0) is 45.5 Å². The van der Waals surface area contributed by atoms with Gasteiger partial charge in [-0.15, -0.1) is 0 Å². The molecule has 5 rings (SSSR count). The third-order valence-corrected chi connectivity index (χ3v) is 6.78. The molecule has 8 heteroatoms. The predicted octanol–water partition coefficient (Wildman–Crippen LogP) is 4.84. The minimum absolute atomic E-state index is 0.0161. The molecule has 0 aliphatic heterocycles. The summed E-state index contributed by atoms with van der Waals surface area (Å²) in [6, 6.07) is 22.1. The van der Waals surface area contributed by atoms with Gasteiger partial charge >= 0.3 is 23.9 Å². The van der Waals surface area contributed by atoms with Crippen molar-refractivity contribution in [1.82, 2.24) is 0 Å². The van der Waals surface area contributed by atoms with E-state index in [-0.39, 0.29) is 11.1 Å². The molecule has 0 atom stereocenters. The number of hydrogen-bond donors (Lipinski definition) is 4. The van der Waals surface area contributed by atoms with Crippen molar-refractivity contribution in [3.63, 3.8) is 0 Å². The van der Waals surface area contributed by atoms with Crippen LogP contribution in [0.5, 0.6) is 0 Å². The van der Waals surface area contributed by atoms with Crippen molar-refractivity contribution < 1.29 is 39.6 Å². The van der Waals surface area contributed by atoms with Crippen molar-refractivity contribution >= 4 is 23.9 Å². The van der Waals surface area contributed by atoms with Crippen LogP contribution in [0.2, 0.25) is 0 Å². The van der Waals surface area contributed by atoms with E-state index < -0.39 is 51.5 Å². The van der Waals surface area contributed by atoms with Gasteiger partial charge in [0.2, 0.25) is 0 Å². The molecule has 4 aromatic carbocycles. The summed E-state index contributed by atoms with van der Waals surface area (Å²) in [4.78, 5) is 49.5. The molecule has 1 aliphatic carbocycles. The van der Waals surface area contributed by atoms with Crippen LogP contribution in [0.4, 0.5) is 0 Å². The van der Waals surface area contributed by atoms with Gasteiger partial charge in [0.15, 0.2) is 0 Å². The van der Waals surface area contributed by atoms with E-state index in [9.17, 15) is 39.6 Å². The van der Waals surface area contributed by atoms with Crippen molar-refractivity contribution in [2.45, 2.75) is 5.41 Å². The van der Waals surface area contributed by atoms with Crippen LogP contribution in [0.3, 0.4) is 0 Å². The molecule has 37 heavy (non-hydrogen) atoms.